The van der Waals surface area contributed by atoms with E-state index in [4.69, 9.17) is 5.11 Å². The van der Waals surface area contributed by atoms with Gasteiger partial charge in [-0.05, 0) is 12.2 Å². The number of carbonyl (C=O) groups excluding carboxylic acids is 2. The summed E-state index contributed by atoms with van der Waals surface area (Å²) in [6.45, 7) is 0. The molecule has 1 aliphatic carbocycles. The Morgan fingerprint density at radius 2 is 2.00 bits per heavy atom. The van der Waals surface area contributed by atoms with Gasteiger partial charge in [-0.2, -0.15) is 0 Å². The van der Waals surface area contributed by atoms with Crippen LogP contribution in [-0.4, -0.2) is 28.4 Å². The van der Waals surface area contributed by atoms with Gasteiger partial charge in [-0.3, -0.25) is 14.4 Å². The lowest BCUT2D eigenvalue weighted by Gasteiger charge is -2.02. The van der Waals surface area contributed by atoms with Crippen molar-refractivity contribution >= 4 is 29.3 Å². The topological polar surface area (TPSA) is 71.4 Å². The first kappa shape index (κ1) is 9.73. The van der Waals surface area contributed by atoms with E-state index in [2.05, 4.69) is 0 Å². The summed E-state index contributed by atoms with van der Waals surface area (Å²) >= 11 is 1.01. The van der Waals surface area contributed by atoms with E-state index in [0.717, 1.165) is 23.9 Å². The second kappa shape index (κ2) is 4.04. The second-order valence-corrected chi connectivity index (χ2v) is 3.34. The molecule has 0 heterocycles. The number of hydrogen-bond acceptors (Lipinski definition) is 4. The Morgan fingerprint density at radius 1 is 1.31 bits per heavy atom. The highest BCUT2D eigenvalue weighted by Gasteiger charge is 2.13. The first-order chi connectivity index (χ1) is 6.09. The number of carboxylic acid groups (broad SMARTS) is 1. The number of ketones is 2. The van der Waals surface area contributed by atoms with E-state index in [-0.39, 0.29) is 5.75 Å². The zero-order chi connectivity index (χ0) is 9.84. The van der Waals surface area contributed by atoms with E-state index in [1.807, 2.05) is 0 Å². The van der Waals surface area contributed by atoms with Gasteiger partial charge in [-0.1, -0.05) is 0 Å². The highest BCUT2D eigenvalue weighted by Crippen LogP contribution is 2.19. The van der Waals surface area contributed by atoms with Crippen molar-refractivity contribution in [3.05, 3.63) is 23.1 Å². The van der Waals surface area contributed by atoms with Crippen LogP contribution < -0.4 is 0 Å². The van der Waals surface area contributed by atoms with Crippen molar-refractivity contribution in [1.82, 2.24) is 0 Å². The average Bonchev–Trinajstić information content (AvgIpc) is 2.07. The first-order valence-electron chi connectivity index (χ1n) is 3.42. The average molecular weight is 198 g/mol. The first-order valence-corrected chi connectivity index (χ1v) is 4.41. The normalized spacial score (nSPS) is 15.8. The summed E-state index contributed by atoms with van der Waals surface area (Å²) in [7, 11) is 0. The number of allylic oxidation sites excluding steroid dienone is 3. The monoisotopic (exact) mass is 198 g/mol. The molecule has 0 amide bonds. The van der Waals surface area contributed by atoms with E-state index in [1.165, 1.54) is 6.08 Å². The molecule has 0 radical (unpaired) electrons. The third-order valence-corrected chi connectivity index (χ3v) is 2.26. The Labute approximate surface area is 78.3 Å². The number of thioether (sulfide) groups is 1. The summed E-state index contributed by atoms with van der Waals surface area (Å²) in [5, 5.41) is 8.34. The van der Waals surface area contributed by atoms with Crippen LogP contribution in [0.2, 0.25) is 0 Å². The zero-order valence-electron chi connectivity index (χ0n) is 6.52. The van der Waals surface area contributed by atoms with Gasteiger partial charge in [0.25, 0.3) is 0 Å². The van der Waals surface area contributed by atoms with E-state index in [0.29, 0.717) is 4.91 Å². The molecule has 68 valence electrons. The lowest BCUT2D eigenvalue weighted by atomic mass is 10.1. The SMILES string of the molecule is O=C(O)CSC1=CC(=O)C(=O)C=C1. The molecule has 0 fully saturated rings. The largest absolute Gasteiger partial charge is 0.481 e. The predicted molar refractivity (Wildman–Crippen MR) is 47.3 cm³/mol. The highest BCUT2D eigenvalue weighted by molar-refractivity contribution is 8.03. The second-order valence-electron chi connectivity index (χ2n) is 2.29. The zero-order valence-corrected chi connectivity index (χ0v) is 7.34. The Balaban J connectivity index is 2.58. The molecule has 0 aromatic carbocycles. The van der Waals surface area contributed by atoms with Gasteiger partial charge in [-0.25, -0.2) is 0 Å². The molecule has 0 unspecified atom stereocenters. The minimum atomic E-state index is -0.955. The molecular formula is C8H6O4S. The van der Waals surface area contributed by atoms with Crippen molar-refractivity contribution in [1.29, 1.82) is 0 Å². The van der Waals surface area contributed by atoms with Crippen molar-refractivity contribution in [3.8, 4) is 0 Å². The molecule has 0 aliphatic heterocycles. The maximum absolute atomic E-state index is 10.8. The molecule has 0 saturated carbocycles. The van der Waals surface area contributed by atoms with Gasteiger partial charge in [0.15, 0.2) is 0 Å². The third-order valence-electron chi connectivity index (χ3n) is 1.28. The van der Waals surface area contributed by atoms with Crippen molar-refractivity contribution in [2.24, 2.45) is 0 Å². The van der Waals surface area contributed by atoms with Crippen LogP contribution in [0.4, 0.5) is 0 Å². The van der Waals surface area contributed by atoms with Crippen LogP contribution in [0.5, 0.6) is 0 Å². The molecule has 0 bridgehead atoms. The summed E-state index contributed by atoms with van der Waals surface area (Å²) in [5.41, 5.74) is 0. The summed E-state index contributed by atoms with van der Waals surface area (Å²) in [5.74, 6) is -2.24. The fourth-order valence-corrected chi connectivity index (χ4v) is 1.37. The van der Waals surface area contributed by atoms with Crippen LogP contribution in [-0.2, 0) is 14.4 Å². The number of carbonyl (C=O) groups is 3. The van der Waals surface area contributed by atoms with Crippen LogP contribution in [0.1, 0.15) is 0 Å². The predicted octanol–water partition coefficient (Wildman–Crippen LogP) is 0.396. The van der Waals surface area contributed by atoms with Gasteiger partial charge in [0.1, 0.15) is 0 Å². The standard InChI is InChI=1S/C8H6O4S/c9-6-2-1-5(3-7(6)10)13-4-8(11)12/h1-3H,4H2,(H,11,12). The Hall–Kier alpha value is -1.36. The molecule has 0 aromatic rings. The lowest BCUT2D eigenvalue weighted by molar-refractivity contribution is -0.133. The molecule has 1 aliphatic rings. The summed E-state index contributed by atoms with van der Waals surface area (Å²) < 4.78 is 0. The number of aliphatic carboxylic acids is 1. The van der Waals surface area contributed by atoms with Crippen LogP contribution >= 0.6 is 11.8 Å². The van der Waals surface area contributed by atoms with E-state index in [9.17, 15) is 14.4 Å². The van der Waals surface area contributed by atoms with Crippen LogP contribution in [0, 0.1) is 0 Å². The van der Waals surface area contributed by atoms with Gasteiger partial charge >= 0.3 is 5.97 Å². The molecule has 1 rings (SSSR count). The minimum absolute atomic E-state index is 0.113. The van der Waals surface area contributed by atoms with Gasteiger partial charge in [0, 0.05) is 11.0 Å². The van der Waals surface area contributed by atoms with E-state index in [1.54, 1.807) is 0 Å². The number of rotatable bonds is 3. The molecule has 0 aromatic heterocycles. The van der Waals surface area contributed by atoms with Crippen molar-refractivity contribution in [2.45, 2.75) is 0 Å². The molecule has 0 spiro atoms. The van der Waals surface area contributed by atoms with Crippen molar-refractivity contribution in [2.75, 3.05) is 5.75 Å². The van der Waals surface area contributed by atoms with E-state index < -0.39 is 17.5 Å². The fraction of sp³-hybridized carbons (Fsp3) is 0.125. The molecule has 1 N–H and O–H groups in total. The molecule has 4 nitrogen and oxygen atoms in total. The van der Waals surface area contributed by atoms with Crippen molar-refractivity contribution in [3.63, 3.8) is 0 Å². The maximum Gasteiger partial charge on any atom is 0.313 e. The Morgan fingerprint density at radius 3 is 2.54 bits per heavy atom. The molecule has 13 heavy (non-hydrogen) atoms. The summed E-state index contributed by atoms with van der Waals surface area (Å²) in [4.78, 5) is 32.2. The maximum atomic E-state index is 10.8. The molecule has 0 atom stereocenters. The minimum Gasteiger partial charge on any atom is -0.481 e. The van der Waals surface area contributed by atoms with Gasteiger partial charge in [-0.15, -0.1) is 11.8 Å². The van der Waals surface area contributed by atoms with Gasteiger partial charge < -0.3 is 5.11 Å². The van der Waals surface area contributed by atoms with Crippen molar-refractivity contribution < 1.29 is 19.5 Å². The Kier molecular flexibility index (Phi) is 3.02. The molecular weight excluding hydrogens is 192 g/mol. The number of carboxylic acids is 1. The highest BCUT2D eigenvalue weighted by atomic mass is 32.2. The van der Waals surface area contributed by atoms with Crippen LogP contribution in [0.25, 0.3) is 0 Å². The Bertz CT molecular complexity index is 327. The van der Waals surface area contributed by atoms with Gasteiger partial charge in [0.2, 0.25) is 11.6 Å². The smallest absolute Gasteiger partial charge is 0.313 e. The van der Waals surface area contributed by atoms with Gasteiger partial charge in [0.05, 0.1) is 5.75 Å². The summed E-state index contributed by atoms with van der Waals surface area (Å²) in [6, 6.07) is 0. The third kappa shape index (κ3) is 2.87. The molecule has 0 saturated heterocycles. The molecule has 5 heteroatoms. The number of hydrogen-bond donors (Lipinski definition) is 1. The summed E-state index contributed by atoms with van der Waals surface area (Å²) in [6.07, 6.45) is 3.74. The van der Waals surface area contributed by atoms with E-state index >= 15 is 0 Å². The fourth-order valence-electron chi connectivity index (χ4n) is 0.723. The van der Waals surface area contributed by atoms with Crippen LogP contribution in [0.3, 0.4) is 0 Å². The van der Waals surface area contributed by atoms with Crippen LogP contribution in [0.15, 0.2) is 23.1 Å². The lowest BCUT2D eigenvalue weighted by Crippen LogP contribution is -2.11. The quantitative estimate of drug-likeness (QED) is 0.525.